The third-order valence-corrected chi connectivity index (χ3v) is 11.7. The quantitative estimate of drug-likeness (QED) is 0.188. The summed E-state index contributed by atoms with van der Waals surface area (Å²) in [7, 11) is -8.78. The smallest absolute Gasteiger partial charge is 0.269 e. The number of benzene rings is 4. The summed E-state index contributed by atoms with van der Waals surface area (Å²) in [6.45, 7) is 1.12. The van der Waals surface area contributed by atoms with Crippen LogP contribution in [0.25, 0.3) is 10.9 Å². The van der Waals surface area contributed by atoms with E-state index in [4.69, 9.17) is 0 Å². The van der Waals surface area contributed by atoms with Crippen molar-refractivity contribution < 1.29 is 21.6 Å². The van der Waals surface area contributed by atoms with Gasteiger partial charge in [0.05, 0.1) is 16.5 Å². The van der Waals surface area contributed by atoms with Crippen LogP contribution in [0.5, 0.6) is 0 Å². The molecule has 0 aliphatic carbocycles. The van der Waals surface area contributed by atoms with E-state index >= 15 is 8.42 Å². The number of nitrogens with zero attached hydrogens (tertiary/aromatic N) is 3. The Hall–Kier alpha value is -4.25. The van der Waals surface area contributed by atoms with E-state index in [9.17, 15) is 13.2 Å². The molecule has 1 aliphatic heterocycles. The molecule has 4 aromatic carbocycles. The van der Waals surface area contributed by atoms with E-state index in [-0.39, 0.29) is 27.9 Å². The van der Waals surface area contributed by atoms with Crippen LogP contribution in [0.1, 0.15) is 36.4 Å². The van der Waals surface area contributed by atoms with Crippen molar-refractivity contribution in [2.75, 3.05) is 19.6 Å². The zero-order valence-electron chi connectivity index (χ0n) is 24.1. The van der Waals surface area contributed by atoms with Crippen molar-refractivity contribution in [3.63, 3.8) is 0 Å². The van der Waals surface area contributed by atoms with Crippen LogP contribution in [0, 0.1) is 0 Å². The maximum atomic E-state index is 15.0. The minimum absolute atomic E-state index is 0.0143. The van der Waals surface area contributed by atoms with Crippen molar-refractivity contribution in [1.82, 2.24) is 13.2 Å². The average molecular weight is 628 g/mol. The van der Waals surface area contributed by atoms with E-state index in [1.54, 1.807) is 47.4 Å². The average Bonchev–Trinajstić information content (AvgIpc) is 3.66. The fourth-order valence-electron chi connectivity index (χ4n) is 5.89. The van der Waals surface area contributed by atoms with E-state index in [0.29, 0.717) is 31.3 Å². The summed E-state index contributed by atoms with van der Waals surface area (Å²) in [6.07, 6.45) is 1.66. The van der Waals surface area contributed by atoms with Crippen LogP contribution in [0.4, 0.5) is 0 Å². The highest BCUT2D eigenvalue weighted by Crippen LogP contribution is 2.37. The molecule has 5 aromatic rings. The molecule has 8 nitrogen and oxygen atoms in total. The van der Waals surface area contributed by atoms with Gasteiger partial charge in [-0.05, 0) is 48.2 Å². The van der Waals surface area contributed by atoms with Crippen LogP contribution in [-0.2, 0) is 24.8 Å². The van der Waals surface area contributed by atoms with E-state index in [0.717, 1.165) is 21.5 Å². The highest BCUT2D eigenvalue weighted by molar-refractivity contribution is 7.92. The molecule has 0 bridgehead atoms. The van der Waals surface area contributed by atoms with E-state index in [1.807, 2.05) is 60.7 Å². The van der Waals surface area contributed by atoms with Crippen molar-refractivity contribution >= 4 is 36.9 Å². The summed E-state index contributed by atoms with van der Waals surface area (Å²) in [6, 6.07) is 34.0. The van der Waals surface area contributed by atoms with Crippen molar-refractivity contribution in [1.29, 1.82) is 0 Å². The molecule has 0 atom stereocenters. The first-order valence-electron chi connectivity index (χ1n) is 14.6. The molecule has 0 radical (unpaired) electrons. The van der Waals surface area contributed by atoms with Crippen LogP contribution < -0.4 is 0 Å². The Morgan fingerprint density at radius 2 is 1.30 bits per heavy atom. The molecule has 2 heterocycles. The fourth-order valence-corrected chi connectivity index (χ4v) is 9.61. The molecular weight excluding hydrogens is 595 g/mol. The van der Waals surface area contributed by atoms with Gasteiger partial charge >= 0.3 is 0 Å². The molecule has 6 rings (SSSR count). The topological polar surface area (TPSA) is 96.8 Å². The molecule has 10 heteroatoms. The first kappa shape index (κ1) is 29.8. The summed E-state index contributed by atoms with van der Waals surface area (Å²) in [5.74, 6) is 0.0659. The molecule has 44 heavy (non-hydrogen) atoms. The fraction of sp³-hybridized carbons (Fsp3) is 0.206. The Labute approximate surface area is 258 Å². The molecule has 1 aromatic heterocycles. The highest BCUT2D eigenvalue weighted by Gasteiger charge is 2.38. The van der Waals surface area contributed by atoms with Crippen molar-refractivity contribution in [2.24, 2.45) is 0 Å². The number of hydrogen-bond donors (Lipinski definition) is 0. The summed E-state index contributed by atoms with van der Waals surface area (Å²) in [5.41, 5.74) is 1.76. The molecule has 0 unspecified atom stereocenters. The van der Waals surface area contributed by atoms with Gasteiger partial charge in [-0.15, -0.1) is 0 Å². The molecule has 0 saturated carbocycles. The Morgan fingerprint density at radius 3 is 1.89 bits per heavy atom. The van der Waals surface area contributed by atoms with Gasteiger partial charge in [0, 0.05) is 31.4 Å². The van der Waals surface area contributed by atoms with Crippen molar-refractivity contribution in [3.8, 4) is 0 Å². The van der Waals surface area contributed by atoms with Crippen LogP contribution in [0.15, 0.2) is 131 Å². The molecule has 0 spiro atoms. The normalized spacial score (nSPS) is 14.2. The van der Waals surface area contributed by atoms with Gasteiger partial charge in [-0.1, -0.05) is 97.1 Å². The lowest BCUT2D eigenvalue weighted by molar-refractivity contribution is -0.127. The van der Waals surface area contributed by atoms with E-state index < -0.39 is 26.1 Å². The molecule has 226 valence electrons. The summed E-state index contributed by atoms with van der Waals surface area (Å²) >= 11 is 0. The SMILES string of the molecule is O=C1CCCN1CCCN(C(c1ccccc1)c1ccccc1)S(=O)(=O)c1cc2ccccc2n1S(=O)(=O)c1ccccc1. The van der Waals surface area contributed by atoms with Gasteiger partial charge < -0.3 is 4.90 Å². The second kappa shape index (κ2) is 12.4. The number of amides is 1. The lowest BCUT2D eigenvalue weighted by atomic mass is 9.98. The number of sulfonamides is 1. The van der Waals surface area contributed by atoms with Crippen molar-refractivity contribution in [2.45, 2.75) is 35.2 Å². The standard InChI is InChI=1S/C34H33N3O5S2/c38-32-22-12-23-35(32)24-13-25-36(34(27-14-4-1-5-15-27)28-16-6-2-7-17-28)44(41,42)33-26-29-18-10-11-21-31(29)37(33)43(39,40)30-19-8-3-9-20-30/h1-11,14-21,26,34H,12-13,22-25H2. The Bertz CT molecular complexity index is 1940. The summed E-state index contributed by atoms with van der Waals surface area (Å²) < 4.78 is 60.8. The molecule has 1 fully saturated rings. The monoisotopic (exact) mass is 627 g/mol. The van der Waals surface area contributed by atoms with Gasteiger partial charge in [0.15, 0.2) is 5.03 Å². The van der Waals surface area contributed by atoms with Crippen LogP contribution >= 0.6 is 0 Å². The third-order valence-electron chi connectivity index (χ3n) is 7.99. The number of rotatable bonds is 11. The van der Waals surface area contributed by atoms with Crippen LogP contribution in [-0.4, -0.2) is 55.6 Å². The minimum atomic E-state index is -4.48. The summed E-state index contributed by atoms with van der Waals surface area (Å²) in [5, 5.41) is 0.154. The maximum Gasteiger partial charge on any atom is 0.269 e. The molecular formula is C34H33N3O5S2. The predicted octanol–water partition coefficient (Wildman–Crippen LogP) is 5.67. The third kappa shape index (κ3) is 5.68. The lowest BCUT2D eigenvalue weighted by Gasteiger charge is -2.32. The molecule has 1 aliphatic rings. The van der Waals surface area contributed by atoms with Crippen LogP contribution in [0.2, 0.25) is 0 Å². The van der Waals surface area contributed by atoms with E-state index in [1.165, 1.54) is 22.5 Å². The van der Waals surface area contributed by atoms with Gasteiger partial charge in [-0.2, -0.15) is 4.31 Å². The number of hydrogen-bond acceptors (Lipinski definition) is 5. The van der Waals surface area contributed by atoms with Gasteiger partial charge in [0.25, 0.3) is 20.0 Å². The summed E-state index contributed by atoms with van der Waals surface area (Å²) in [4.78, 5) is 14.1. The Kier molecular flexibility index (Phi) is 8.40. The van der Waals surface area contributed by atoms with Crippen molar-refractivity contribution in [3.05, 3.63) is 132 Å². The second-order valence-electron chi connectivity index (χ2n) is 10.8. The molecule has 0 N–H and O–H groups in total. The van der Waals surface area contributed by atoms with Gasteiger partial charge in [-0.3, -0.25) is 4.79 Å². The Balaban J connectivity index is 1.54. The van der Waals surface area contributed by atoms with Crippen LogP contribution in [0.3, 0.4) is 0 Å². The first-order chi connectivity index (χ1) is 21.3. The van der Waals surface area contributed by atoms with Gasteiger partial charge in [0.2, 0.25) is 5.91 Å². The lowest BCUT2D eigenvalue weighted by Crippen LogP contribution is -2.39. The van der Waals surface area contributed by atoms with E-state index in [2.05, 4.69) is 0 Å². The largest absolute Gasteiger partial charge is 0.343 e. The zero-order valence-corrected chi connectivity index (χ0v) is 25.7. The van der Waals surface area contributed by atoms with Gasteiger partial charge in [0.1, 0.15) is 0 Å². The molecule has 1 amide bonds. The second-order valence-corrected chi connectivity index (χ2v) is 14.4. The van der Waals surface area contributed by atoms with Gasteiger partial charge in [-0.25, -0.2) is 20.8 Å². The maximum absolute atomic E-state index is 15.0. The highest BCUT2D eigenvalue weighted by atomic mass is 32.2. The number of fused-ring (bicyclic) bond motifs is 1. The number of para-hydroxylation sites is 1. The number of carbonyl (C=O) groups is 1. The number of carbonyl (C=O) groups excluding carboxylic acids is 1. The zero-order chi connectivity index (χ0) is 30.7. The Morgan fingerprint density at radius 1 is 0.727 bits per heavy atom. The predicted molar refractivity (Wildman–Crippen MR) is 170 cm³/mol. The first-order valence-corrected chi connectivity index (χ1v) is 17.5. The number of aromatic nitrogens is 1. The number of likely N-dealkylation sites (tertiary alicyclic amines) is 1. The molecule has 1 saturated heterocycles. The minimum Gasteiger partial charge on any atom is -0.343 e.